The zero-order chi connectivity index (χ0) is 13.3. The van der Waals surface area contributed by atoms with E-state index in [2.05, 4.69) is 18.9 Å². The third-order valence-corrected chi connectivity index (χ3v) is 3.67. The molecule has 2 N–H and O–H groups in total. The number of benzene rings is 1. The normalized spacial score (nSPS) is 12.7. The van der Waals surface area contributed by atoms with Gasteiger partial charge in [0, 0.05) is 17.3 Å². The molecule has 0 aliphatic heterocycles. The maximum Gasteiger partial charge on any atom is 0.0894 e. The predicted molar refractivity (Wildman–Crippen MR) is 75.1 cm³/mol. The van der Waals surface area contributed by atoms with Gasteiger partial charge in [-0.1, -0.05) is 23.7 Å². The second-order valence-corrected chi connectivity index (χ2v) is 4.98. The molecule has 2 rings (SSSR count). The van der Waals surface area contributed by atoms with E-state index in [0.717, 1.165) is 22.0 Å². The van der Waals surface area contributed by atoms with Crippen molar-refractivity contribution in [2.75, 3.05) is 6.54 Å². The Morgan fingerprint density at radius 1 is 1.33 bits per heavy atom. The zero-order valence-corrected chi connectivity index (χ0v) is 11.7. The van der Waals surface area contributed by atoms with Gasteiger partial charge in [0.15, 0.2) is 0 Å². The van der Waals surface area contributed by atoms with Crippen LogP contribution in [0.15, 0.2) is 24.3 Å². The van der Waals surface area contributed by atoms with Gasteiger partial charge in [-0.2, -0.15) is 5.10 Å². The molecule has 0 spiro atoms. The van der Waals surface area contributed by atoms with Gasteiger partial charge in [0.25, 0.3) is 0 Å². The molecular formula is C14H18ClN3. The Morgan fingerprint density at radius 2 is 2.06 bits per heavy atom. The highest BCUT2D eigenvalue weighted by molar-refractivity contribution is 6.30. The third-order valence-electron chi connectivity index (χ3n) is 3.44. The molecule has 1 aromatic heterocycles. The van der Waals surface area contributed by atoms with Crippen LogP contribution in [0, 0.1) is 20.8 Å². The Hall–Kier alpha value is -1.32. The van der Waals surface area contributed by atoms with Crippen LogP contribution in [-0.2, 0) is 0 Å². The summed E-state index contributed by atoms with van der Waals surface area (Å²) in [6.45, 7) is 6.67. The molecule has 1 unspecified atom stereocenters. The summed E-state index contributed by atoms with van der Waals surface area (Å²) >= 11 is 6.04. The van der Waals surface area contributed by atoms with Gasteiger partial charge in [0.2, 0.25) is 0 Å². The number of aryl methyl sites for hydroxylation is 1. The predicted octanol–water partition coefficient (Wildman–Crippen LogP) is 3.01. The van der Waals surface area contributed by atoms with E-state index in [9.17, 15) is 0 Å². The van der Waals surface area contributed by atoms with E-state index < -0.39 is 0 Å². The molecule has 0 aliphatic carbocycles. The SMILES string of the molecule is Cc1nn(C(CN)c2cccc(Cl)c2)c(C)c1C. The summed E-state index contributed by atoms with van der Waals surface area (Å²) in [5.41, 5.74) is 10.4. The average Bonchev–Trinajstić information content (AvgIpc) is 2.59. The van der Waals surface area contributed by atoms with Gasteiger partial charge in [-0.3, -0.25) is 4.68 Å². The topological polar surface area (TPSA) is 43.8 Å². The van der Waals surface area contributed by atoms with Crippen LogP contribution >= 0.6 is 11.6 Å². The second kappa shape index (κ2) is 5.12. The van der Waals surface area contributed by atoms with E-state index in [1.165, 1.54) is 5.56 Å². The lowest BCUT2D eigenvalue weighted by molar-refractivity contribution is 0.516. The first kappa shape index (κ1) is 13.1. The van der Waals surface area contributed by atoms with Crippen LogP contribution in [0.25, 0.3) is 0 Å². The number of aromatic nitrogens is 2. The Morgan fingerprint density at radius 3 is 2.56 bits per heavy atom. The van der Waals surface area contributed by atoms with Crippen molar-refractivity contribution >= 4 is 11.6 Å². The monoisotopic (exact) mass is 263 g/mol. The molecule has 0 radical (unpaired) electrons. The molecule has 0 saturated carbocycles. The van der Waals surface area contributed by atoms with Crippen LogP contribution < -0.4 is 5.73 Å². The lowest BCUT2D eigenvalue weighted by atomic mass is 10.1. The molecular weight excluding hydrogens is 246 g/mol. The quantitative estimate of drug-likeness (QED) is 0.925. The molecule has 0 bridgehead atoms. The molecule has 18 heavy (non-hydrogen) atoms. The number of halogens is 1. The Bertz CT molecular complexity index is 560. The van der Waals surface area contributed by atoms with Crippen LogP contribution in [0.3, 0.4) is 0 Å². The van der Waals surface area contributed by atoms with Crippen molar-refractivity contribution in [3.63, 3.8) is 0 Å². The first-order chi connectivity index (χ1) is 8.54. The number of hydrogen-bond acceptors (Lipinski definition) is 2. The van der Waals surface area contributed by atoms with E-state index in [1.54, 1.807) is 0 Å². The van der Waals surface area contributed by atoms with E-state index in [4.69, 9.17) is 17.3 Å². The van der Waals surface area contributed by atoms with E-state index >= 15 is 0 Å². The zero-order valence-electron chi connectivity index (χ0n) is 10.9. The van der Waals surface area contributed by atoms with Crippen LogP contribution in [0.2, 0.25) is 5.02 Å². The van der Waals surface area contributed by atoms with Gasteiger partial charge >= 0.3 is 0 Å². The van der Waals surface area contributed by atoms with Crippen LogP contribution in [0.5, 0.6) is 0 Å². The van der Waals surface area contributed by atoms with Crippen LogP contribution in [-0.4, -0.2) is 16.3 Å². The van der Waals surface area contributed by atoms with Crippen LogP contribution in [0.4, 0.5) is 0 Å². The molecule has 1 aromatic carbocycles. The van der Waals surface area contributed by atoms with E-state index in [0.29, 0.717) is 6.54 Å². The molecule has 1 atom stereocenters. The molecule has 1 heterocycles. The van der Waals surface area contributed by atoms with E-state index in [-0.39, 0.29) is 6.04 Å². The van der Waals surface area contributed by atoms with Crippen molar-refractivity contribution in [1.82, 2.24) is 9.78 Å². The van der Waals surface area contributed by atoms with Crippen LogP contribution in [0.1, 0.15) is 28.6 Å². The highest BCUT2D eigenvalue weighted by Crippen LogP contribution is 2.23. The fourth-order valence-electron chi connectivity index (χ4n) is 2.14. The highest BCUT2D eigenvalue weighted by atomic mass is 35.5. The Kier molecular flexibility index (Phi) is 3.73. The van der Waals surface area contributed by atoms with Gasteiger partial charge in [-0.05, 0) is 44.0 Å². The standard InChI is InChI=1S/C14H18ClN3/c1-9-10(2)17-18(11(9)3)14(8-16)12-5-4-6-13(15)7-12/h4-7,14H,8,16H2,1-3H3. The van der Waals surface area contributed by atoms with Crippen molar-refractivity contribution in [2.24, 2.45) is 5.73 Å². The highest BCUT2D eigenvalue weighted by Gasteiger charge is 2.17. The molecule has 0 amide bonds. The van der Waals surface area contributed by atoms with E-state index in [1.807, 2.05) is 35.9 Å². The summed E-state index contributed by atoms with van der Waals surface area (Å²) in [6, 6.07) is 7.83. The van der Waals surface area contributed by atoms with Crippen molar-refractivity contribution in [2.45, 2.75) is 26.8 Å². The third kappa shape index (κ3) is 2.28. The summed E-state index contributed by atoms with van der Waals surface area (Å²) in [4.78, 5) is 0. The number of rotatable bonds is 3. The summed E-state index contributed by atoms with van der Waals surface area (Å²) < 4.78 is 2.00. The summed E-state index contributed by atoms with van der Waals surface area (Å²) in [6.07, 6.45) is 0. The fraction of sp³-hybridized carbons (Fsp3) is 0.357. The largest absolute Gasteiger partial charge is 0.328 e. The summed E-state index contributed by atoms with van der Waals surface area (Å²) in [7, 11) is 0. The van der Waals surface area contributed by atoms with Crippen molar-refractivity contribution in [3.05, 3.63) is 51.8 Å². The minimum absolute atomic E-state index is 0.0381. The maximum atomic E-state index is 6.04. The first-order valence-corrected chi connectivity index (χ1v) is 6.40. The average molecular weight is 264 g/mol. The minimum atomic E-state index is 0.0381. The summed E-state index contributed by atoms with van der Waals surface area (Å²) in [5, 5.41) is 5.31. The Labute approximate surface area is 113 Å². The smallest absolute Gasteiger partial charge is 0.0894 e. The molecule has 2 aromatic rings. The van der Waals surface area contributed by atoms with Crippen molar-refractivity contribution in [3.8, 4) is 0 Å². The van der Waals surface area contributed by atoms with Gasteiger partial charge < -0.3 is 5.73 Å². The van der Waals surface area contributed by atoms with Gasteiger partial charge in [-0.15, -0.1) is 0 Å². The number of nitrogens with two attached hydrogens (primary N) is 1. The van der Waals surface area contributed by atoms with Gasteiger partial charge in [-0.25, -0.2) is 0 Å². The molecule has 0 saturated heterocycles. The molecule has 0 fully saturated rings. The van der Waals surface area contributed by atoms with Gasteiger partial charge in [0.1, 0.15) is 0 Å². The Balaban J connectivity index is 2.48. The fourth-order valence-corrected chi connectivity index (χ4v) is 2.34. The molecule has 0 aliphatic rings. The lowest BCUT2D eigenvalue weighted by Gasteiger charge is -2.18. The van der Waals surface area contributed by atoms with Crippen molar-refractivity contribution < 1.29 is 0 Å². The number of nitrogens with zero attached hydrogens (tertiary/aromatic N) is 2. The van der Waals surface area contributed by atoms with Crippen molar-refractivity contribution in [1.29, 1.82) is 0 Å². The lowest BCUT2D eigenvalue weighted by Crippen LogP contribution is -2.22. The first-order valence-electron chi connectivity index (χ1n) is 6.02. The maximum absolute atomic E-state index is 6.04. The number of hydrogen-bond donors (Lipinski definition) is 1. The molecule has 4 heteroatoms. The van der Waals surface area contributed by atoms with Gasteiger partial charge in [0.05, 0.1) is 11.7 Å². The summed E-state index contributed by atoms with van der Waals surface area (Å²) in [5.74, 6) is 0. The minimum Gasteiger partial charge on any atom is -0.328 e. The second-order valence-electron chi connectivity index (χ2n) is 4.55. The molecule has 3 nitrogen and oxygen atoms in total. The molecule has 96 valence electrons.